The van der Waals surface area contributed by atoms with Gasteiger partial charge in [0.05, 0.1) is 13.0 Å². The van der Waals surface area contributed by atoms with Crippen molar-refractivity contribution >= 4 is 24.0 Å². The molecule has 1 aromatic rings. The van der Waals surface area contributed by atoms with Crippen molar-refractivity contribution in [2.75, 3.05) is 13.7 Å². The van der Waals surface area contributed by atoms with E-state index in [0.29, 0.717) is 17.9 Å². The maximum atomic E-state index is 12.2. The van der Waals surface area contributed by atoms with Crippen molar-refractivity contribution in [2.24, 2.45) is 0 Å². The summed E-state index contributed by atoms with van der Waals surface area (Å²) >= 11 is 0. The molecule has 1 aromatic carbocycles. The molecule has 0 spiro atoms. The van der Waals surface area contributed by atoms with E-state index in [1.807, 2.05) is 30.3 Å². The molecule has 0 bridgehead atoms. The number of amides is 1. The lowest BCUT2D eigenvalue weighted by atomic mass is 10.1. The fraction of sp³-hybridized carbons (Fsp3) is 0.474. The molecule has 0 saturated carbocycles. The number of nitrogens with one attached hydrogen (secondary N) is 1. The van der Waals surface area contributed by atoms with Crippen LogP contribution in [-0.4, -0.2) is 58.8 Å². The summed E-state index contributed by atoms with van der Waals surface area (Å²) < 4.78 is 4.83. The zero-order valence-electron chi connectivity index (χ0n) is 16.4. The van der Waals surface area contributed by atoms with Gasteiger partial charge in [-0.1, -0.05) is 48.7 Å². The average molecular weight is 393 g/mol. The molecule has 0 aliphatic rings. The van der Waals surface area contributed by atoms with Gasteiger partial charge >= 0.3 is 18.0 Å². The number of ether oxygens (including phenoxy) is 1. The number of carbonyl (C=O) groups is 3. The Morgan fingerprint density at radius 2 is 1.82 bits per heavy atom. The molecular weight excluding hydrogens is 366 g/mol. The first-order valence-corrected chi connectivity index (χ1v) is 9.07. The Morgan fingerprint density at radius 3 is 2.36 bits per heavy atom. The normalized spacial score (nSPS) is 11.2. The SMILES string of the molecule is CCCC(C(=O)O)N(C)C(=N)N(OC(=O)CCc1ccccc1)C(=O)OCC. The molecule has 1 rings (SSSR count). The summed E-state index contributed by atoms with van der Waals surface area (Å²) in [6.45, 7) is 3.38. The van der Waals surface area contributed by atoms with Crippen LogP contribution in [0, 0.1) is 5.41 Å². The molecule has 0 fully saturated rings. The predicted molar refractivity (Wildman–Crippen MR) is 102 cm³/mol. The topological polar surface area (TPSA) is 120 Å². The molecule has 0 radical (unpaired) electrons. The van der Waals surface area contributed by atoms with Gasteiger partial charge in [-0.05, 0) is 25.3 Å². The molecule has 0 aliphatic carbocycles. The summed E-state index contributed by atoms with van der Waals surface area (Å²) in [5.41, 5.74) is 0.920. The molecule has 0 saturated heterocycles. The Hall–Kier alpha value is -3.10. The van der Waals surface area contributed by atoms with Gasteiger partial charge in [-0.15, -0.1) is 0 Å². The second kappa shape index (κ2) is 11.6. The third-order valence-corrected chi connectivity index (χ3v) is 3.93. The highest BCUT2D eigenvalue weighted by molar-refractivity contribution is 5.94. The van der Waals surface area contributed by atoms with Crippen LogP contribution in [0.15, 0.2) is 30.3 Å². The van der Waals surface area contributed by atoms with E-state index < -0.39 is 30.0 Å². The second-order valence-corrected chi connectivity index (χ2v) is 6.02. The van der Waals surface area contributed by atoms with Gasteiger partial charge in [0.15, 0.2) is 0 Å². The molecule has 0 aromatic heterocycles. The Labute approximate surface area is 164 Å². The number of guanidine groups is 1. The van der Waals surface area contributed by atoms with Gasteiger partial charge < -0.3 is 19.6 Å². The summed E-state index contributed by atoms with van der Waals surface area (Å²) in [5, 5.41) is 17.9. The van der Waals surface area contributed by atoms with Gasteiger partial charge in [0.1, 0.15) is 6.04 Å². The zero-order valence-corrected chi connectivity index (χ0v) is 16.4. The molecule has 0 heterocycles. The van der Waals surface area contributed by atoms with E-state index >= 15 is 0 Å². The van der Waals surface area contributed by atoms with Crippen LogP contribution in [0.3, 0.4) is 0 Å². The average Bonchev–Trinajstić information content (AvgIpc) is 2.68. The number of carboxylic acid groups (broad SMARTS) is 1. The van der Waals surface area contributed by atoms with E-state index in [1.165, 1.54) is 7.05 Å². The van der Waals surface area contributed by atoms with Gasteiger partial charge in [0, 0.05) is 7.05 Å². The van der Waals surface area contributed by atoms with Crippen molar-refractivity contribution in [3.8, 4) is 0 Å². The van der Waals surface area contributed by atoms with E-state index in [1.54, 1.807) is 13.8 Å². The lowest BCUT2D eigenvalue weighted by Crippen LogP contribution is -2.52. The number of aryl methyl sites for hydroxylation is 1. The number of rotatable bonds is 8. The van der Waals surface area contributed by atoms with Gasteiger partial charge in [-0.3, -0.25) is 5.41 Å². The van der Waals surface area contributed by atoms with Gasteiger partial charge in [0.2, 0.25) is 5.96 Å². The smallest absolute Gasteiger partial charge is 0.451 e. The van der Waals surface area contributed by atoms with Crippen LogP contribution in [-0.2, 0) is 25.6 Å². The molecular formula is C19H27N3O6. The standard InChI is InChI=1S/C19H27N3O6/c1-4-9-15(17(24)25)21(3)18(20)22(19(26)27-5-2)28-16(23)13-12-14-10-7-6-8-11-14/h6-8,10-11,15,20H,4-5,9,12-13H2,1-3H3,(H,24,25). The molecule has 0 aliphatic heterocycles. The number of hydroxylamine groups is 2. The largest absolute Gasteiger partial charge is 0.480 e. The van der Waals surface area contributed by atoms with Crippen LogP contribution < -0.4 is 0 Å². The zero-order chi connectivity index (χ0) is 21.1. The number of carbonyl (C=O) groups excluding carboxylic acids is 2. The van der Waals surface area contributed by atoms with Crippen molar-refractivity contribution in [3.05, 3.63) is 35.9 Å². The Morgan fingerprint density at radius 1 is 1.18 bits per heavy atom. The van der Waals surface area contributed by atoms with Crippen LogP contribution in [0.1, 0.15) is 38.7 Å². The number of likely N-dealkylation sites (N-methyl/N-ethyl adjacent to an activating group) is 1. The molecule has 1 atom stereocenters. The predicted octanol–water partition coefficient (Wildman–Crippen LogP) is 2.66. The maximum absolute atomic E-state index is 12.2. The summed E-state index contributed by atoms with van der Waals surface area (Å²) in [5.74, 6) is -2.47. The highest BCUT2D eigenvalue weighted by Crippen LogP contribution is 2.11. The highest BCUT2D eigenvalue weighted by atomic mass is 16.8. The monoisotopic (exact) mass is 393 g/mol. The minimum atomic E-state index is -1.15. The molecule has 2 N–H and O–H groups in total. The van der Waals surface area contributed by atoms with Crippen molar-refractivity contribution in [1.82, 2.24) is 9.96 Å². The Balaban J connectivity index is 2.86. The van der Waals surface area contributed by atoms with Crippen molar-refractivity contribution < 1.29 is 29.1 Å². The van der Waals surface area contributed by atoms with Gasteiger partial charge in [0.25, 0.3) is 0 Å². The third kappa shape index (κ3) is 6.90. The number of benzene rings is 1. The number of aliphatic carboxylic acids is 1. The quantitative estimate of drug-likeness (QED) is 0.396. The summed E-state index contributed by atoms with van der Waals surface area (Å²) in [6.07, 6.45) is 0.131. The Bertz CT molecular complexity index is 680. The Kier molecular flexibility index (Phi) is 9.49. The fourth-order valence-electron chi connectivity index (χ4n) is 2.43. The van der Waals surface area contributed by atoms with Crippen LogP contribution in [0.25, 0.3) is 0 Å². The lowest BCUT2D eigenvalue weighted by molar-refractivity contribution is -0.169. The van der Waals surface area contributed by atoms with Crippen LogP contribution >= 0.6 is 0 Å². The molecule has 9 heteroatoms. The number of carboxylic acids is 1. The van der Waals surface area contributed by atoms with E-state index in [9.17, 15) is 19.5 Å². The number of hydrogen-bond acceptors (Lipinski definition) is 6. The van der Waals surface area contributed by atoms with E-state index in [0.717, 1.165) is 10.5 Å². The minimum Gasteiger partial charge on any atom is -0.480 e. The van der Waals surface area contributed by atoms with Crippen LogP contribution in [0.4, 0.5) is 4.79 Å². The number of nitrogens with zero attached hydrogens (tertiary/aromatic N) is 2. The van der Waals surface area contributed by atoms with E-state index in [2.05, 4.69) is 0 Å². The molecule has 28 heavy (non-hydrogen) atoms. The molecule has 1 unspecified atom stereocenters. The first-order valence-electron chi connectivity index (χ1n) is 9.07. The third-order valence-electron chi connectivity index (χ3n) is 3.93. The number of hydrogen-bond donors (Lipinski definition) is 2. The molecule has 154 valence electrons. The van der Waals surface area contributed by atoms with Crippen molar-refractivity contribution in [2.45, 2.75) is 45.6 Å². The van der Waals surface area contributed by atoms with Crippen LogP contribution in [0.2, 0.25) is 0 Å². The highest BCUT2D eigenvalue weighted by Gasteiger charge is 2.33. The van der Waals surface area contributed by atoms with E-state index in [4.69, 9.17) is 15.0 Å². The lowest BCUT2D eigenvalue weighted by Gasteiger charge is -2.30. The molecule has 9 nitrogen and oxygen atoms in total. The van der Waals surface area contributed by atoms with Crippen molar-refractivity contribution in [1.29, 1.82) is 5.41 Å². The second-order valence-electron chi connectivity index (χ2n) is 6.02. The fourth-order valence-corrected chi connectivity index (χ4v) is 2.43. The van der Waals surface area contributed by atoms with Crippen molar-refractivity contribution in [3.63, 3.8) is 0 Å². The summed E-state index contributed by atoms with van der Waals surface area (Å²) in [6, 6.07) is 8.21. The minimum absolute atomic E-state index is 0.00517. The summed E-state index contributed by atoms with van der Waals surface area (Å²) in [4.78, 5) is 41.9. The van der Waals surface area contributed by atoms with Gasteiger partial charge in [-0.2, -0.15) is 0 Å². The first kappa shape index (κ1) is 22.9. The first-order chi connectivity index (χ1) is 13.3. The van der Waals surface area contributed by atoms with Crippen LogP contribution in [0.5, 0.6) is 0 Å². The van der Waals surface area contributed by atoms with Gasteiger partial charge in [-0.25, -0.2) is 14.4 Å². The van der Waals surface area contributed by atoms with E-state index in [-0.39, 0.29) is 19.4 Å². The maximum Gasteiger partial charge on any atom is 0.451 e. The summed E-state index contributed by atoms with van der Waals surface area (Å²) in [7, 11) is 1.35. The molecule has 1 amide bonds.